The van der Waals surface area contributed by atoms with E-state index in [0.29, 0.717) is 21.5 Å². The van der Waals surface area contributed by atoms with Crippen LogP contribution in [0.2, 0.25) is 5.02 Å². The third kappa shape index (κ3) is 3.64. The van der Waals surface area contributed by atoms with Gasteiger partial charge in [0.25, 0.3) is 5.91 Å². The number of nitrogens with one attached hydrogen (secondary N) is 2. The van der Waals surface area contributed by atoms with E-state index in [4.69, 9.17) is 28.6 Å². The number of amides is 1. The molecular formula is C16H12ClN3O2S2. The zero-order valence-electron chi connectivity index (χ0n) is 12.5. The molecule has 0 aliphatic carbocycles. The van der Waals surface area contributed by atoms with Crippen molar-refractivity contribution in [2.45, 2.75) is 0 Å². The van der Waals surface area contributed by atoms with Crippen molar-refractivity contribution in [3.05, 3.63) is 53.1 Å². The van der Waals surface area contributed by atoms with Gasteiger partial charge in [0.2, 0.25) is 0 Å². The van der Waals surface area contributed by atoms with Gasteiger partial charge in [0.15, 0.2) is 10.2 Å². The first-order valence-electron chi connectivity index (χ1n) is 6.88. The third-order valence-corrected chi connectivity index (χ3v) is 4.58. The van der Waals surface area contributed by atoms with Crippen LogP contribution in [0.5, 0.6) is 5.75 Å². The molecule has 0 aliphatic heterocycles. The molecule has 0 saturated heterocycles. The number of hydrogen-bond acceptors (Lipinski definition) is 5. The Morgan fingerprint density at radius 3 is 2.75 bits per heavy atom. The third-order valence-electron chi connectivity index (χ3n) is 3.15. The first-order valence-corrected chi connectivity index (χ1v) is 8.48. The number of rotatable bonds is 3. The van der Waals surface area contributed by atoms with Crippen LogP contribution in [0, 0.1) is 0 Å². The summed E-state index contributed by atoms with van der Waals surface area (Å²) < 4.78 is 6.09. The fourth-order valence-electron chi connectivity index (χ4n) is 2.03. The molecule has 2 aromatic carbocycles. The van der Waals surface area contributed by atoms with Gasteiger partial charge in [0.1, 0.15) is 5.75 Å². The Bertz CT molecular complexity index is 912. The summed E-state index contributed by atoms with van der Waals surface area (Å²) in [6, 6.07) is 12.4. The molecule has 122 valence electrons. The van der Waals surface area contributed by atoms with Gasteiger partial charge in [-0.25, -0.2) is 4.98 Å². The Balaban J connectivity index is 1.72. The number of thiocarbonyl (C=S) groups is 1. The van der Waals surface area contributed by atoms with Gasteiger partial charge in [-0.2, -0.15) is 0 Å². The monoisotopic (exact) mass is 377 g/mol. The van der Waals surface area contributed by atoms with Crippen molar-refractivity contribution in [2.24, 2.45) is 0 Å². The molecule has 0 spiro atoms. The van der Waals surface area contributed by atoms with Gasteiger partial charge in [-0.05, 0) is 30.4 Å². The molecule has 0 unspecified atom stereocenters. The van der Waals surface area contributed by atoms with E-state index in [1.54, 1.807) is 37.4 Å². The van der Waals surface area contributed by atoms with Crippen molar-refractivity contribution >= 4 is 61.5 Å². The molecule has 3 aromatic rings. The summed E-state index contributed by atoms with van der Waals surface area (Å²) >= 11 is 12.6. The normalized spacial score (nSPS) is 10.4. The Hall–Kier alpha value is -2.22. The molecule has 1 aromatic heterocycles. The first kappa shape index (κ1) is 16.6. The van der Waals surface area contributed by atoms with Gasteiger partial charge in [0, 0.05) is 11.6 Å². The summed E-state index contributed by atoms with van der Waals surface area (Å²) in [6.45, 7) is 0. The van der Waals surface area contributed by atoms with Crippen LogP contribution < -0.4 is 15.4 Å². The highest BCUT2D eigenvalue weighted by molar-refractivity contribution is 7.80. The number of carbonyl (C=O) groups excluding carboxylic acids is 1. The van der Waals surface area contributed by atoms with E-state index in [9.17, 15) is 4.79 Å². The second-order valence-corrected chi connectivity index (χ2v) is 6.59. The summed E-state index contributed by atoms with van der Waals surface area (Å²) in [5.74, 6) is 0.304. The minimum absolute atomic E-state index is 0.181. The number of hydrogen-bond donors (Lipinski definition) is 2. The minimum Gasteiger partial charge on any atom is -0.495 e. The first-order chi connectivity index (χ1) is 11.6. The van der Waals surface area contributed by atoms with Crippen LogP contribution in [-0.4, -0.2) is 23.1 Å². The lowest BCUT2D eigenvalue weighted by atomic mass is 10.2. The van der Waals surface area contributed by atoms with Crippen LogP contribution in [-0.2, 0) is 0 Å². The quantitative estimate of drug-likeness (QED) is 0.673. The van der Waals surface area contributed by atoms with Gasteiger partial charge >= 0.3 is 0 Å². The summed E-state index contributed by atoms with van der Waals surface area (Å²) in [5.41, 5.74) is 1.26. The maximum atomic E-state index is 12.1. The molecule has 0 aliphatic rings. The van der Waals surface area contributed by atoms with Crippen molar-refractivity contribution in [3.63, 3.8) is 0 Å². The second-order valence-electron chi connectivity index (χ2n) is 4.75. The lowest BCUT2D eigenvalue weighted by Crippen LogP contribution is -2.34. The molecule has 0 atom stereocenters. The number of halogens is 1. The Morgan fingerprint density at radius 2 is 2.04 bits per heavy atom. The van der Waals surface area contributed by atoms with Crippen LogP contribution in [0.25, 0.3) is 10.2 Å². The molecule has 2 N–H and O–H groups in total. The summed E-state index contributed by atoms with van der Waals surface area (Å²) in [6.07, 6.45) is 0. The van der Waals surface area contributed by atoms with E-state index >= 15 is 0 Å². The van der Waals surface area contributed by atoms with Crippen LogP contribution in [0.15, 0.2) is 42.5 Å². The Morgan fingerprint density at radius 1 is 1.29 bits per heavy atom. The molecule has 24 heavy (non-hydrogen) atoms. The number of anilines is 1. The second kappa shape index (κ2) is 7.12. The zero-order valence-corrected chi connectivity index (χ0v) is 14.9. The highest BCUT2D eigenvalue weighted by atomic mass is 35.5. The number of thiazole rings is 1. The molecular weight excluding hydrogens is 366 g/mol. The van der Waals surface area contributed by atoms with Crippen LogP contribution in [0.1, 0.15) is 10.4 Å². The molecule has 8 heteroatoms. The van der Waals surface area contributed by atoms with E-state index < -0.39 is 0 Å². The number of ether oxygens (including phenoxy) is 1. The van der Waals surface area contributed by atoms with Gasteiger partial charge in [0.05, 0.1) is 22.3 Å². The SMILES string of the molecule is COc1cc2sc(NC(=S)NC(=O)c3ccccc3)nc2cc1Cl. The van der Waals surface area contributed by atoms with Gasteiger partial charge < -0.3 is 10.1 Å². The topological polar surface area (TPSA) is 63.2 Å². The fourth-order valence-corrected chi connectivity index (χ4v) is 3.40. The summed E-state index contributed by atoms with van der Waals surface area (Å²) in [5, 5.41) is 6.76. The van der Waals surface area contributed by atoms with E-state index in [1.807, 2.05) is 12.1 Å². The van der Waals surface area contributed by atoms with Crippen molar-refractivity contribution in [2.75, 3.05) is 12.4 Å². The Kier molecular flexibility index (Phi) is 4.94. The molecule has 5 nitrogen and oxygen atoms in total. The number of methoxy groups -OCH3 is 1. The molecule has 0 fully saturated rings. The van der Waals surface area contributed by atoms with Crippen LogP contribution in [0.3, 0.4) is 0 Å². The minimum atomic E-state index is -0.279. The van der Waals surface area contributed by atoms with Crippen LogP contribution >= 0.6 is 35.2 Å². The average molecular weight is 378 g/mol. The number of carbonyl (C=O) groups is 1. The van der Waals surface area contributed by atoms with Crippen molar-refractivity contribution in [1.29, 1.82) is 0 Å². The van der Waals surface area contributed by atoms with Crippen molar-refractivity contribution in [3.8, 4) is 5.75 Å². The maximum Gasteiger partial charge on any atom is 0.257 e. The van der Waals surface area contributed by atoms with Gasteiger partial charge in [-0.3, -0.25) is 10.1 Å². The molecule has 3 rings (SSSR count). The standard InChI is InChI=1S/C16H12ClN3O2S2/c1-22-12-8-13-11(7-10(12)17)18-16(24-13)20-15(23)19-14(21)9-5-3-2-4-6-9/h2-8H,1H3,(H2,18,19,20,21,23). The highest BCUT2D eigenvalue weighted by Gasteiger charge is 2.11. The maximum absolute atomic E-state index is 12.1. The van der Waals surface area contributed by atoms with E-state index in [0.717, 1.165) is 10.2 Å². The Labute approximate surface area is 152 Å². The van der Waals surface area contributed by atoms with E-state index in [2.05, 4.69) is 15.6 Å². The largest absolute Gasteiger partial charge is 0.495 e. The van der Waals surface area contributed by atoms with Crippen LogP contribution in [0.4, 0.5) is 5.13 Å². The molecule has 0 radical (unpaired) electrons. The molecule has 1 heterocycles. The van der Waals surface area contributed by atoms with Gasteiger partial charge in [-0.1, -0.05) is 41.1 Å². The van der Waals surface area contributed by atoms with Gasteiger partial charge in [-0.15, -0.1) is 0 Å². The number of benzene rings is 2. The highest BCUT2D eigenvalue weighted by Crippen LogP contribution is 2.34. The van der Waals surface area contributed by atoms with Crippen molar-refractivity contribution in [1.82, 2.24) is 10.3 Å². The number of nitrogens with zero attached hydrogens (tertiary/aromatic N) is 1. The van der Waals surface area contributed by atoms with Crippen molar-refractivity contribution < 1.29 is 9.53 Å². The summed E-state index contributed by atoms with van der Waals surface area (Å²) in [7, 11) is 1.56. The number of aromatic nitrogens is 1. The predicted octanol–water partition coefficient (Wildman–Crippen LogP) is 4.09. The van der Waals surface area contributed by atoms with E-state index in [1.165, 1.54) is 11.3 Å². The molecule has 0 bridgehead atoms. The van der Waals surface area contributed by atoms with E-state index in [-0.39, 0.29) is 11.0 Å². The lowest BCUT2D eigenvalue weighted by molar-refractivity contribution is 0.0977. The average Bonchev–Trinajstić information content (AvgIpc) is 2.95. The zero-order chi connectivity index (χ0) is 17.1. The molecule has 1 amide bonds. The smallest absolute Gasteiger partial charge is 0.257 e. The molecule has 0 saturated carbocycles. The fraction of sp³-hybridized carbons (Fsp3) is 0.0625. The predicted molar refractivity (Wildman–Crippen MR) is 101 cm³/mol. The summed E-state index contributed by atoms with van der Waals surface area (Å²) in [4.78, 5) is 16.5. The number of fused-ring (bicyclic) bond motifs is 1. The lowest BCUT2D eigenvalue weighted by Gasteiger charge is -2.06.